The van der Waals surface area contributed by atoms with Crippen molar-refractivity contribution in [2.45, 2.75) is 69.9 Å². The van der Waals surface area contributed by atoms with Crippen molar-refractivity contribution in [1.29, 1.82) is 0 Å². The van der Waals surface area contributed by atoms with Gasteiger partial charge in [-0.1, -0.05) is 42.5 Å². The van der Waals surface area contributed by atoms with Gasteiger partial charge in [0.2, 0.25) is 0 Å². The Morgan fingerprint density at radius 3 is 2.28 bits per heavy atom. The third-order valence-corrected chi connectivity index (χ3v) is 10.6. The number of likely N-dealkylation sites (tertiary alicyclic amines) is 2. The number of nitrogens with one attached hydrogen (secondary N) is 2. The van der Waals surface area contributed by atoms with Crippen LogP contribution in [0.4, 0.5) is 0 Å². The fourth-order valence-corrected chi connectivity index (χ4v) is 7.64. The first-order valence-electron chi connectivity index (χ1n) is 18.1. The van der Waals surface area contributed by atoms with Crippen LogP contribution in [0, 0.1) is 6.92 Å². The van der Waals surface area contributed by atoms with Crippen molar-refractivity contribution in [3.8, 4) is 11.1 Å². The zero-order valence-electron chi connectivity index (χ0n) is 28.9. The van der Waals surface area contributed by atoms with Crippen LogP contribution in [-0.2, 0) is 4.79 Å². The number of hydrogen-bond donors (Lipinski definition) is 2. The van der Waals surface area contributed by atoms with Gasteiger partial charge >= 0.3 is 0 Å². The molecule has 0 radical (unpaired) electrons. The van der Waals surface area contributed by atoms with E-state index in [0.29, 0.717) is 0 Å². The monoisotopic (exact) mass is 669 g/mol. The molecule has 2 aromatic heterocycles. The van der Waals surface area contributed by atoms with Crippen LogP contribution in [0.25, 0.3) is 11.1 Å². The molecular formula is C41H47N7O2. The molecule has 3 aromatic rings. The van der Waals surface area contributed by atoms with Crippen LogP contribution >= 0.6 is 0 Å². The number of aliphatic imine (C=N–C) groups is 1. The average Bonchev–Trinajstić information content (AvgIpc) is 3.17. The molecule has 1 atom stereocenters. The van der Waals surface area contributed by atoms with Crippen LogP contribution in [0.3, 0.4) is 0 Å². The second-order valence-electron chi connectivity index (χ2n) is 14.0. The molecular weight excluding hydrogens is 622 g/mol. The van der Waals surface area contributed by atoms with Gasteiger partial charge in [-0.15, -0.1) is 0 Å². The predicted octanol–water partition coefficient (Wildman–Crippen LogP) is 5.97. The highest BCUT2D eigenvalue weighted by molar-refractivity contribution is 5.98. The van der Waals surface area contributed by atoms with E-state index in [4.69, 9.17) is 4.99 Å². The molecule has 2 N–H and O–H groups in total. The van der Waals surface area contributed by atoms with Crippen molar-refractivity contribution in [2.24, 2.45) is 4.99 Å². The van der Waals surface area contributed by atoms with Crippen LogP contribution in [0.15, 0.2) is 108 Å². The van der Waals surface area contributed by atoms with Gasteiger partial charge in [-0.3, -0.25) is 24.5 Å². The summed E-state index contributed by atoms with van der Waals surface area (Å²) in [4.78, 5) is 44.7. The van der Waals surface area contributed by atoms with Crippen molar-refractivity contribution >= 4 is 17.6 Å². The molecule has 5 heterocycles. The van der Waals surface area contributed by atoms with Crippen molar-refractivity contribution in [3.05, 3.63) is 120 Å². The van der Waals surface area contributed by atoms with Crippen LogP contribution in [0.5, 0.6) is 0 Å². The summed E-state index contributed by atoms with van der Waals surface area (Å²) in [5.41, 5.74) is 7.03. The van der Waals surface area contributed by atoms with Gasteiger partial charge < -0.3 is 15.5 Å². The van der Waals surface area contributed by atoms with Gasteiger partial charge in [0, 0.05) is 105 Å². The summed E-state index contributed by atoms with van der Waals surface area (Å²) >= 11 is 0. The Hall–Kier alpha value is -4.89. The topological polar surface area (TPSA) is 103 Å². The highest BCUT2D eigenvalue weighted by Crippen LogP contribution is 2.28. The molecule has 1 aliphatic carbocycles. The molecule has 1 unspecified atom stereocenters. The van der Waals surface area contributed by atoms with Gasteiger partial charge in [0.25, 0.3) is 11.8 Å². The first kappa shape index (κ1) is 33.6. The van der Waals surface area contributed by atoms with Crippen LogP contribution < -0.4 is 10.6 Å². The Bertz CT molecular complexity index is 1780. The summed E-state index contributed by atoms with van der Waals surface area (Å²) < 4.78 is 0. The summed E-state index contributed by atoms with van der Waals surface area (Å²) in [7, 11) is 0. The summed E-state index contributed by atoms with van der Waals surface area (Å²) in [6, 6.07) is 14.2. The maximum absolute atomic E-state index is 13.3. The molecule has 7 rings (SSSR count). The average molecular weight is 670 g/mol. The van der Waals surface area contributed by atoms with E-state index < -0.39 is 0 Å². The number of carbonyl (C=O) groups is 2. The Morgan fingerprint density at radius 2 is 1.58 bits per heavy atom. The van der Waals surface area contributed by atoms with Crippen molar-refractivity contribution in [2.75, 3.05) is 32.7 Å². The Kier molecular flexibility index (Phi) is 10.6. The number of carbonyl (C=O) groups excluding carboxylic acids is 2. The lowest BCUT2D eigenvalue weighted by molar-refractivity contribution is -0.118. The highest BCUT2D eigenvalue weighted by Gasteiger charge is 2.27. The lowest BCUT2D eigenvalue weighted by atomic mass is 9.90. The fraction of sp³-hybridized carbons (Fsp3) is 0.390. The zero-order valence-corrected chi connectivity index (χ0v) is 28.9. The lowest BCUT2D eigenvalue weighted by Crippen LogP contribution is -2.47. The molecule has 1 aromatic carbocycles. The third-order valence-electron chi connectivity index (χ3n) is 10.6. The number of allylic oxidation sites excluding steroid dienone is 2. The largest absolute Gasteiger partial charge is 0.360 e. The van der Waals surface area contributed by atoms with E-state index in [9.17, 15) is 9.59 Å². The van der Waals surface area contributed by atoms with E-state index in [1.165, 1.54) is 5.57 Å². The van der Waals surface area contributed by atoms with Gasteiger partial charge in [-0.25, -0.2) is 4.99 Å². The summed E-state index contributed by atoms with van der Waals surface area (Å²) in [5, 5.41) is 6.59. The normalized spacial score (nSPS) is 20.5. The van der Waals surface area contributed by atoms with Crippen LogP contribution in [-0.4, -0.2) is 82.2 Å². The molecule has 9 nitrogen and oxygen atoms in total. The third kappa shape index (κ3) is 8.11. The summed E-state index contributed by atoms with van der Waals surface area (Å²) in [5.74, 6) is 1.38. The molecule has 0 spiro atoms. The first-order chi connectivity index (χ1) is 24.5. The number of nitrogens with zero attached hydrogens (tertiary/aromatic N) is 5. The minimum atomic E-state index is -0.00519. The molecule has 0 saturated carbocycles. The maximum Gasteiger partial charge on any atom is 0.251 e. The smallest absolute Gasteiger partial charge is 0.251 e. The minimum absolute atomic E-state index is 0.00519. The van der Waals surface area contributed by atoms with Crippen molar-refractivity contribution in [1.82, 2.24) is 30.4 Å². The Balaban J connectivity index is 0.841. The fourth-order valence-electron chi connectivity index (χ4n) is 7.64. The van der Waals surface area contributed by atoms with Gasteiger partial charge in [-0.2, -0.15) is 0 Å². The highest BCUT2D eigenvalue weighted by atomic mass is 16.2. The van der Waals surface area contributed by atoms with E-state index in [-0.39, 0.29) is 29.8 Å². The number of aromatic nitrogens is 2. The summed E-state index contributed by atoms with van der Waals surface area (Å²) in [6.07, 6.45) is 22.1. The van der Waals surface area contributed by atoms with Crippen LogP contribution in [0.1, 0.15) is 72.3 Å². The van der Waals surface area contributed by atoms with E-state index >= 15 is 0 Å². The molecule has 258 valence electrons. The molecule has 2 fully saturated rings. The van der Waals surface area contributed by atoms with E-state index in [0.717, 1.165) is 117 Å². The number of amidine groups is 1. The number of rotatable bonds is 8. The number of benzene rings is 1. The van der Waals surface area contributed by atoms with E-state index in [2.05, 4.69) is 54.8 Å². The summed E-state index contributed by atoms with van der Waals surface area (Å²) in [6.45, 7) is 6.69. The second-order valence-corrected chi connectivity index (χ2v) is 14.0. The zero-order chi connectivity index (χ0) is 34.3. The molecule has 2 amide bonds. The molecule has 50 heavy (non-hydrogen) atoms. The van der Waals surface area contributed by atoms with E-state index in [1.54, 1.807) is 12.4 Å². The second kappa shape index (κ2) is 15.8. The maximum atomic E-state index is 13.3. The Morgan fingerprint density at radius 1 is 0.840 bits per heavy atom. The lowest BCUT2D eigenvalue weighted by Gasteiger charge is -2.36. The van der Waals surface area contributed by atoms with E-state index in [1.807, 2.05) is 61.8 Å². The van der Waals surface area contributed by atoms with Crippen LogP contribution in [0.2, 0.25) is 0 Å². The minimum Gasteiger partial charge on any atom is -0.360 e. The Labute approximate surface area is 295 Å². The molecule has 2 saturated heterocycles. The molecule has 4 aliphatic rings. The van der Waals surface area contributed by atoms with Gasteiger partial charge in [0.15, 0.2) is 0 Å². The standard InChI is InChI=1S/C41H47N7O2/c1-29-37(34-9-5-19-43-27-34)10-3-11-38(29)41(50)46-36-16-22-48(23-17-36)39-13-12-30(25-44-39)28-47-20-14-35(15-21-47)45-40(49)32-7-2-6-31(24-32)33-8-4-18-42-26-33/h2-5,7-11,18-19,24-27,31,35-36H,6,12-17,20-23,28H2,1H3,(H,45,49)(H,46,50). The number of piperidine rings is 2. The van der Waals surface area contributed by atoms with Crippen molar-refractivity contribution in [3.63, 3.8) is 0 Å². The SMILES string of the molecule is Cc1c(C(=O)NC2CCN(C3=NC=C(CN4CCC(NC(=O)C5=CC(c6cccnc6)CC=C5)CC4)CC3)CC2)cccc1-c1cccnc1. The van der Waals surface area contributed by atoms with Gasteiger partial charge in [0.05, 0.1) is 0 Å². The predicted molar refractivity (Wildman–Crippen MR) is 198 cm³/mol. The number of pyridine rings is 2. The first-order valence-corrected chi connectivity index (χ1v) is 18.1. The van der Waals surface area contributed by atoms with Gasteiger partial charge in [-0.05, 0) is 85.9 Å². The molecule has 3 aliphatic heterocycles. The molecule has 9 heteroatoms. The quantitative estimate of drug-likeness (QED) is 0.306. The number of hydrogen-bond acceptors (Lipinski definition) is 7. The van der Waals surface area contributed by atoms with Crippen molar-refractivity contribution < 1.29 is 9.59 Å². The van der Waals surface area contributed by atoms with Gasteiger partial charge in [0.1, 0.15) is 5.84 Å². The molecule has 0 bridgehead atoms. The number of amides is 2.